The van der Waals surface area contributed by atoms with Crippen molar-refractivity contribution in [2.75, 3.05) is 24.7 Å². The molecule has 0 aromatic carbocycles. The minimum atomic E-state index is -3.09. The van der Waals surface area contributed by atoms with Crippen molar-refractivity contribution in [3.05, 3.63) is 0 Å². The summed E-state index contributed by atoms with van der Waals surface area (Å²) in [6.07, 6.45) is 3.62. The van der Waals surface area contributed by atoms with Crippen LogP contribution in [-0.4, -0.2) is 37.4 Å². The second-order valence-corrected chi connectivity index (χ2v) is 8.72. The minimum Gasteiger partial charge on any atom is -0.212 e. The molecular formula is C13H26ClNO2S. The number of sulfonamides is 1. The maximum atomic E-state index is 12.1. The molecule has 1 aliphatic rings. The van der Waals surface area contributed by atoms with Gasteiger partial charge in [-0.3, -0.25) is 0 Å². The molecule has 1 heterocycles. The number of hydrogen-bond acceptors (Lipinski definition) is 2. The summed E-state index contributed by atoms with van der Waals surface area (Å²) in [6, 6.07) is 0. The molecule has 1 saturated heterocycles. The first-order chi connectivity index (χ1) is 8.27. The fourth-order valence-corrected chi connectivity index (χ4v) is 4.43. The van der Waals surface area contributed by atoms with Crippen molar-refractivity contribution in [2.45, 2.75) is 46.5 Å². The monoisotopic (exact) mass is 295 g/mol. The zero-order valence-electron chi connectivity index (χ0n) is 11.8. The van der Waals surface area contributed by atoms with Crippen molar-refractivity contribution in [1.82, 2.24) is 4.31 Å². The van der Waals surface area contributed by atoms with Gasteiger partial charge in [-0.05, 0) is 37.0 Å². The van der Waals surface area contributed by atoms with Gasteiger partial charge in [-0.1, -0.05) is 20.8 Å². The van der Waals surface area contributed by atoms with Crippen molar-refractivity contribution in [3.8, 4) is 0 Å². The van der Waals surface area contributed by atoms with E-state index in [0.717, 1.165) is 19.3 Å². The lowest BCUT2D eigenvalue weighted by molar-refractivity contribution is 0.217. The van der Waals surface area contributed by atoms with Crippen LogP contribution in [0.3, 0.4) is 0 Å². The van der Waals surface area contributed by atoms with Crippen LogP contribution >= 0.6 is 11.6 Å². The number of rotatable bonds is 4. The molecule has 1 unspecified atom stereocenters. The SMILES string of the molecule is CC(C)(C)C1CCCN(S(=O)(=O)CCCCl)CC1. The van der Waals surface area contributed by atoms with E-state index < -0.39 is 10.0 Å². The maximum absolute atomic E-state index is 12.1. The highest BCUT2D eigenvalue weighted by atomic mass is 35.5. The van der Waals surface area contributed by atoms with Crippen LogP contribution in [0.15, 0.2) is 0 Å². The molecule has 1 atom stereocenters. The van der Waals surface area contributed by atoms with E-state index in [4.69, 9.17) is 11.6 Å². The van der Waals surface area contributed by atoms with E-state index in [1.165, 1.54) is 0 Å². The third-order valence-corrected chi connectivity index (χ3v) is 6.06. The van der Waals surface area contributed by atoms with Crippen molar-refractivity contribution in [1.29, 1.82) is 0 Å². The van der Waals surface area contributed by atoms with Crippen molar-refractivity contribution >= 4 is 21.6 Å². The molecule has 0 N–H and O–H groups in total. The van der Waals surface area contributed by atoms with E-state index in [2.05, 4.69) is 20.8 Å². The average Bonchev–Trinajstić information content (AvgIpc) is 2.51. The molecule has 0 bridgehead atoms. The Bertz CT molecular complexity index is 348. The van der Waals surface area contributed by atoms with Gasteiger partial charge >= 0.3 is 0 Å². The van der Waals surface area contributed by atoms with Crippen LogP contribution in [0.2, 0.25) is 0 Å². The van der Waals surface area contributed by atoms with Gasteiger partial charge in [0.1, 0.15) is 0 Å². The molecule has 108 valence electrons. The Morgan fingerprint density at radius 1 is 1.22 bits per heavy atom. The zero-order valence-corrected chi connectivity index (χ0v) is 13.4. The fraction of sp³-hybridized carbons (Fsp3) is 1.00. The van der Waals surface area contributed by atoms with E-state index in [1.807, 2.05) is 0 Å². The topological polar surface area (TPSA) is 37.4 Å². The lowest BCUT2D eigenvalue weighted by Gasteiger charge is -2.29. The lowest BCUT2D eigenvalue weighted by Crippen LogP contribution is -2.34. The fourth-order valence-electron chi connectivity index (χ4n) is 2.58. The first kappa shape index (κ1) is 16.3. The summed E-state index contributed by atoms with van der Waals surface area (Å²) < 4.78 is 25.9. The van der Waals surface area contributed by atoms with Gasteiger partial charge in [0.15, 0.2) is 0 Å². The summed E-state index contributed by atoms with van der Waals surface area (Å²) in [5.74, 6) is 1.22. The molecule has 3 nitrogen and oxygen atoms in total. The molecule has 1 rings (SSSR count). The Morgan fingerprint density at radius 2 is 1.89 bits per heavy atom. The van der Waals surface area contributed by atoms with Gasteiger partial charge in [-0.25, -0.2) is 12.7 Å². The second-order valence-electron chi connectivity index (χ2n) is 6.25. The maximum Gasteiger partial charge on any atom is 0.214 e. The average molecular weight is 296 g/mol. The third kappa shape index (κ3) is 4.71. The first-order valence-electron chi connectivity index (χ1n) is 6.81. The molecule has 0 radical (unpaired) electrons. The summed E-state index contributed by atoms with van der Waals surface area (Å²) in [5.41, 5.74) is 0.274. The largest absolute Gasteiger partial charge is 0.214 e. The first-order valence-corrected chi connectivity index (χ1v) is 8.95. The quantitative estimate of drug-likeness (QED) is 0.748. The van der Waals surface area contributed by atoms with Crippen molar-refractivity contribution < 1.29 is 8.42 Å². The second kappa shape index (κ2) is 6.58. The Morgan fingerprint density at radius 3 is 2.44 bits per heavy atom. The van der Waals surface area contributed by atoms with E-state index in [0.29, 0.717) is 31.3 Å². The van der Waals surface area contributed by atoms with Gasteiger partial charge in [-0.2, -0.15) is 0 Å². The van der Waals surface area contributed by atoms with E-state index >= 15 is 0 Å². The van der Waals surface area contributed by atoms with Crippen molar-refractivity contribution in [3.63, 3.8) is 0 Å². The molecule has 0 aromatic rings. The highest BCUT2D eigenvalue weighted by Gasteiger charge is 2.30. The van der Waals surface area contributed by atoms with Gasteiger partial charge in [0.25, 0.3) is 0 Å². The highest BCUT2D eigenvalue weighted by Crippen LogP contribution is 2.34. The normalized spacial score (nSPS) is 23.9. The predicted molar refractivity (Wildman–Crippen MR) is 77.5 cm³/mol. The van der Waals surface area contributed by atoms with Crippen LogP contribution in [0.4, 0.5) is 0 Å². The van der Waals surface area contributed by atoms with E-state index in [9.17, 15) is 8.42 Å². The van der Waals surface area contributed by atoms with Crippen LogP contribution in [0.25, 0.3) is 0 Å². The summed E-state index contributed by atoms with van der Waals surface area (Å²) in [5, 5.41) is 0. The van der Waals surface area contributed by atoms with Crippen molar-refractivity contribution in [2.24, 2.45) is 11.3 Å². The van der Waals surface area contributed by atoms with Crippen LogP contribution in [0.5, 0.6) is 0 Å². The third-order valence-electron chi connectivity index (χ3n) is 3.84. The molecule has 5 heteroatoms. The molecule has 1 aliphatic heterocycles. The predicted octanol–water partition coefficient (Wildman–Crippen LogP) is 3.09. The molecule has 0 saturated carbocycles. The summed E-state index contributed by atoms with van der Waals surface area (Å²) in [4.78, 5) is 0. The molecule has 0 amide bonds. The summed E-state index contributed by atoms with van der Waals surface area (Å²) in [7, 11) is -3.09. The molecule has 0 aromatic heterocycles. The Kier molecular flexibility index (Phi) is 5.94. The molecule has 1 fully saturated rings. The molecule has 0 spiro atoms. The highest BCUT2D eigenvalue weighted by molar-refractivity contribution is 7.89. The number of hydrogen-bond donors (Lipinski definition) is 0. The van der Waals surface area contributed by atoms with Gasteiger partial charge in [0.05, 0.1) is 5.75 Å². The van der Waals surface area contributed by atoms with Gasteiger partial charge in [0, 0.05) is 19.0 Å². The number of nitrogens with zero attached hydrogens (tertiary/aromatic N) is 1. The lowest BCUT2D eigenvalue weighted by atomic mass is 9.77. The Hall–Kier alpha value is 0.200. The van der Waals surface area contributed by atoms with Gasteiger partial charge < -0.3 is 0 Å². The van der Waals surface area contributed by atoms with Crippen LogP contribution in [0.1, 0.15) is 46.5 Å². The van der Waals surface area contributed by atoms with Crippen LogP contribution < -0.4 is 0 Å². The summed E-state index contributed by atoms with van der Waals surface area (Å²) in [6.45, 7) is 8.09. The molecular weight excluding hydrogens is 270 g/mol. The van der Waals surface area contributed by atoms with Gasteiger partial charge in [-0.15, -0.1) is 11.6 Å². The van der Waals surface area contributed by atoms with E-state index in [1.54, 1.807) is 4.31 Å². The minimum absolute atomic E-state index is 0.191. The Labute approximate surface area is 117 Å². The molecule has 0 aliphatic carbocycles. The number of halogens is 1. The summed E-state index contributed by atoms with van der Waals surface area (Å²) >= 11 is 5.58. The smallest absolute Gasteiger partial charge is 0.212 e. The van der Waals surface area contributed by atoms with Crippen LogP contribution in [-0.2, 0) is 10.0 Å². The Balaban J connectivity index is 2.62. The number of alkyl halides is 1. The zero-order chi connectivity index (χ0) is 13.8. The molecule has 18 heavy (non-hydrogen) atoms. The standard InChI is InChI=1S/C13H26ClNO2S/c1-13(2,3)12-6-4-9-15(10-7-12)18(16,17)11-5-8-14/h12H,4-11H2,1-3H3. The van der Waals surface area contributed by atoms with Gasteiger partial charge in [0.2, 0.25) is 10.0 Å². The van der Waals surface area contributed by atoms with E-state index in [-0.39, 0.29) is 11.2 Å². The van der Waals surface area contributed by atoms with Crippen LogP contribution in [0, 0.1) is 11.3 Å².